The van der Waals surface area contributed by atoms with Gasteiger partial charge in [0.25, 0.3) is 0 Å². The van der Waals surface area contributed by atoms with Gasteiger partial charge < -0.3 is 5.32 Å². The third-order valence-corrected chi connectivity index (χ3v) is 7.81. The molecule has 1 rings (SSSR count). The average Bonchev–Trinajstić information content (AvgIpc) is 2.59. The summed E-state index contributed by atoms with van der Waals surface area (Å²) in [6.45, 7) is -0.184. The fraction of sp³-hybridized carbons (Fsp3) is 0.929. The Kier molecular flexibility index (Phi) is 8.20. The molecule has 1 atom stereocenters. The number of nitrogens with one attached hydrogen (secondary N) is 2. The second-order valence-electron chi connectivity index (χ2n) is 6.87. The summed E-state index contributed by atoms with van der Waals surface area (Å²) in [7, 11) is -10.3. The van der Waals surface area contributed by atoms with Crippen LogP contribution in [0, 0.1) is 0 Å². The molecule has 0 aromatic heterocycles. The molecular weight excluding hydrogens is 479 g/mol. The van der Waals surface area contributed by atoms with Gasteiger partial charge in [-0.3, -0.25) is 4.21 Å². The van der Waals surface area contributed by atoms with Gasteiger partial charge in [-0.25, -0.2) is 13.1 Å². The predicted molar refractivity (Wildman–Crippen MR) is 92.8 cm³/mol. The van der Waals surface area contributed by atoms with E-state index >= 15 is 0 Å². The highest BCUT2D eigenvalue weighted by molar-refractivity contribution is 8.02. The summed E-state index contributed by atoms with van der Waals surface area (Å²) >= 11 is 0. The van der Waals surface area contributed by atoms with Crippen LogP contribution in [0.25, 0.3) is 0 Å². The van der Waals surface area contributed by atoms with Gasteiger partial charge >= 0.3 is 23.3 Å². The molecule has 180 valence electrons. The Morgan fingerprint density at radius 3 is 1.80 bits per heavy atom. The van der Waals surface area contributed by atoms with Crippen LogP contribution in [0.3, 0.4) is 0 Å². The molecule has 0 saturated heterocycles. The van der Waals surface area contributed by atoms with Crippen LogP contribution in [0.5, 0.6) is 0 Å². The van der Waals surface area contributed by atoms with Crippen molar-refractivity contribution in [3.8, 4) is 0 Å². The van der Waals surface area contributed by atoms with Gasteiger partial charge in [-0.15, -0.1) is 0 Å². The van der Waals surface area contributed by atoms with E-state index in [-0.39, 0.29) is 12.6 Å². The largest absolute Gasteiger partial charge is 0.460 e. The van der Waals surface area contributed by atoms with Crippen molar-refractivity contribution in [3.05, 3.63) is 0 Å². The van der Waals surface area contributed by atoms with Crippen molar-refractivity contribution < 1.29 is 52.1 Å². The first-order valence-electron chi connectivity index (χ1n) is 8.54. The molecule has 1 aliphatic rings. The van der Waals surface area contributed by atoms with Crippen molar-refractivity contribution >= 4 is 25.4 Å². The number of hydrogen-bond acceptors (Lipinski definition) is 4. The molecule has 1 aliphatic carbocycles. The monoisotopic (exact) mass is 500 g/mol. The predicted octanol–water partition coefficient (Wildman–Crippen LogP) is 2.93. The molecule has 5 nitrogen and oxygen atoms in total. The Bertz CT molecular complexity index is 790. The summed E-state index contributed by atoms with van der Waals surface area (Å²) in [5.74, 6) is -15.1. The molecule has 0 aromatic carbocycles. The van der Waals surface area contributed by atoms with Crippen molar-refractivity contribution in [2.45, 2.75) is 61.4 Å². The van der Waals surface area contributed by atoms with Crippen LogP contribution in [0.15, 0.2) is 0 Å². The van der Waals surface area contributed by atoms with Gasteiger partial charge in [-0.05, 0) is 18.7 Å². The Balaban J connectivity index is 2.82. The van der Waals surface area contributed by atoms with E-state index in [4.69, 9.17) is 0 Å². The highest BCUT2D eigenvalue weighted by Gasteiger charge is 2.83. The van der Waals surface area contributed by atoms with E-state index in [0.29, 0.717) is 0 Å². The van der Waals surface area contributed by atoms with E-state index in [9.17, 15) is 52.1 Å². The van der Waals surface area contributed by atoms with Gasteiger partial charge in [0.05, 0.1) is 21.2 Å². The Labute approximate surface area is 167 Å². The van der Waals surface area contributed by atoms with E-state index in [1.807, 2.05) is 0 Å². The summed E-state index contributed by atoms with van der Waals surface area (Å²) in [6, 6.07) is 0.0126. The van der Waals surface area contributed by atoms with Crippen LogP contribution >= 0.6 is 0 Å². The van der Waals surface area contributed by atoms with Crippen LogP contribution in [0.1, 0.15) is 32.1 Å². The van der Waals surface area contributed by atoms with E-state index in [2.05, 4.69) is 11.2 Å². The number of rotatable bonds is 10. The van der Waals surface area contributed by atoms with E-state index in [1.54, 1.807) is 0 Å². The lowest BCUT2D eigenvalue weighted by atomic mass is 9.96. The molecule has 0 aromatic rings. The van der Waals surface area contributed by atoms with Crippen LogP contribution < -0.4 is 10.0 Å². The molecule has 0 spiro atoms. The molecule has 30 heavy (non-hydrogen) atoms. The van der Waals surface area contributed by atoms with Crippen molar-refractivity contribution in [1.29, 1.82) is 0 Å². The maximum atomic E-state index is 13.8. The summed E-state index contributed by atoms with van der Waals surface area (Å²) in [5.41, 5.74) is 0. The maximum Gasteiger partial charge on any atom is 0.460 e. The molecule has 1 unspecified atom stereocenters. The number of halogens is 9. The standard InChI is InChI=1S/C14H21F9N2O3S2/c1-29(26,14(22,23)12(17,18)11(15,16)13(19,20)21)9-25-30(27,28)8-7-24-10-5-3-2-4-6-10/h10,24-25H,1-9H2. The van der Waals surface area contributed by atoms with Crippen LogP contribution in [-0.4, -0.2) is 66.0 Å². The van der Waals surface area contributed by atoms with E-state index in [0.717, 1.165) is 32.1 Å². The fourth-order valence-electron chi connectivity index (χ4n) is 2.65. The minimum atomic E-state index is -7.24. The van der Waals surface area contributed by atoms with Gasteiger partial charge in [0.1, 0.15) is 0 Å². The zero-order valence-electron chi connectivity index (χ0n) is 15.4. The lowest BCUT2D eigenvalue weighted by Gasteiger charge is -2.35. The van der Waals surface area contributed by atoms with Gasteiger partial charge in [0.15, 0.2) is 0 Å². The Hall–Kier alpha value is -0.740. The summed E-state index contributed by atoms with van der Waals surface area (Å²) in [6.07, 6.45) is -2.69. The average molecular weight is 500 g/mol. The van der Waals surface area contributed by atoms with E-state index in [1.165, 1.54) is 4.72 Å². The highest BCUT2D eigenvalue weighted by atomic mass is 32.2. The van der Waals surface area contributed by atoms with Crippen LogP contribution in [0.4, 0.5) is 39.5 Å². The molecule has 1 saturated carbocycles. The van der Waals surface area contributed by atoms with Gasteiger partial charge in [-0.2, -0.15) is 39.5 Å². The summed E-state index contributed by atoms with van der Waals surface area (Å²) in [5, 5.41) is -3.62. The number of hydrogen-bond donors (Lipinski definition) is 2. The first-order chi connectivity index (χ1) is 13.3. The highest BCUT2D eigenvalue weighted by Crippen LogP contribution is 2.54. The number of sulfonamides is 1. The molecule has 0 bridgehead atoms. The topological polar surface area (TPSA) is 75.3 Å². The summed E-state index contributed by atoms with van der Waals surface area (Å²) in [4.78, 5) is 0. The molecule has 0 radical (unpaired) electrons. The SMILES string of the molecule is C=S(=O)(CNS(=O)(=O)CCNC1CCCCC1)C(F)(F)C(F)(F)C(F)(F)C(F)(F)F. The molecule has 0 aliphatic heterocycles. The molecular formula is C14H21F9N2O3S2. The third-order valence-electron chi connectivity index (χ3n) is 4.50. The van der Waals surface area contributed by atoms with Crippen LogP contribution in [-0.2, 0) is 19.5 Å². The van der Waals surface area contributed by atoms with Crippen molar-refractivity contribution in [2.24, 2.45) is 0 Å². The molecule has 2 N–H and O–H groups in total. The van der Waals surface area contributed by atoms with Crippen molar-refractivity contribution in [1.82, 2.24) is 10.0 Å². The second kappa shape index (κ2) is 9.02. The number of alkyl halides is 9. The summed E-state index contributed by atoms with van der Waals surface area (Å²) < 4.78 is 153. The van der Waals surface area contributed by atoms with Crippen molar-refractivity contribution in [2.75, 3.05) is 18.2 Å². The van der Waals surface area contributed by atoms with Crippen LogP contribution in [0.2, 0.25) is 0 Å². The second-order valence-corrected chi connectivity index (χ2v) is 11.2. The molecule has 0 amide bonds. The van der Waals surface area contributed by atoms with Gasteiger partial charge in [0, 0.05) is 12.6 Å². The quantitative estimate of drug-likeness (QED) is 0.358. The first kappa shape index (κ1) is 27.3. The Morgan fingerprint density at radius 2 is 1.33 bits per heavy atom. The third kappa shape index (κ3) is 5.73. The Morgan fingerprint density at radius 1 is 0.833 bits per heavy atom. The van der Waals surface area contributed by atoms with Crippen molar-refractivity contribution in [3.63, 3.8) is 0 Å². The lowest BCUT2D eigenvalue weighted by molar-refractivity contribution is -0.381. The van der Waals surface area contributed by atoms with Gasteiger partial charge in [0.2, 0.25) is 10.0 Å². The minimum Gasteiger partial charge on any atom is -0.313 e. The van der Waals surface area contributed by atoms with E-state index < -0.39 is 54.5 Å². The fourth-order valence-corrected chi connectivity index (χ4v) is 5.43. The first-order valence-corrected chi connectivity index (χ1v) is 12.1. The zero-order chi connectivity index (χ0) is 23.6. The molecule has 16 heteroatoms. The zero-order valence-corrected chi connectivity index (χ0v) is 17.0. The smallest absolute Gasteiger partial charge is 0.313 e. The molecule has 1 fully saturated rings. The maximum absolute atomic E-state index is 13.8. The minimum absolute atomic E-state index is 0.0126. The van der Waals surface area contributed by atoms with Gasteiger partial charge in [-0.1, -0.05) is 19.3 Å². The lowest BCUT2D eigenvalue weighted by Crippen LogP contribution is -2.64. The normalized spacial score (nSPS) is 20.2. The molecule has 0 heterocycles.